The third-order valence-electron chi connectivity index (χ3n) is 3.47. The van der Waals surface area contributed by atoms with Crippen molar-refractivity contribution in [2.75, 3.05) is 0 Å². The Morgan fingerprint density at radius 3 is 2.40 bits per heavy atom. The Balaban J connectivity index is 2.71. The summed E-state index contributed by atoms with van der Waals surface area (Å²) >= 11 is 0. The van der Waals surface area contributed by atoms with Crippen molar-refractivity contribution in [2.45, 2.75) is 77.2 Å². The molecule has 0 heterocycles. The number of hydrogen-bond acceptors (Lipinski definition) is 1. The number of hydrogen-bond donors (Lipinski definition) is 1. The van der Waals surface area contributed by atoms with Gasteiger partial charge in [0.15, 0.2) is 0 Å². The van der Waals surface area contributed by atoms with E-state index in [-0.39, 0.29) is 0 Å². The quantitative estimate of drug-likeness (QED) is 0.674. The SMILES string of the molecule is CCCC(O)(CCC)C1=CCCCCC1. The Morgan fingerprint density at radius 1 is 1.13 bits per heavy atom. The van der Waals surface area contributed by atoms with E-state index in [4.69, 9.17) is 0 Å². The fraction of sp³-hybridized carbons (Fsp3) is 0.857. The normalized spacial score (nSPS) is 18.5. The van der Waals surface area contributed by atoms with Gasteiger partial charge in [-0.05, 0) is 44.1 Å². The Labute approximate surface area is 94.6 Å². The lowest BCUT2D eigenvalue weighted by atomic mass is 9.82. The fourth-order valence-corrected chi connectivity index (χ4v) is 2.71. The van der Waals surface area contributed by atoms with Gasteiger partial charge in [0.1, 0.15) is 0 Å². The van der Waals surface area contributed by atoms with Crippen LogP contribution in [0.4, 0.5) is 0 Å². The lowest BCUT2D eigenvalue weighted by Crippen LogP contribution is -2.31. The van der Waals surface area contributed by atoms with E-state index >= 15 is 0 Å². The molecule has 0 amide bonds. The summed E-state index contributed by atoms with van der Waals surface area (Å²) in [6.45, 7) is 4.33. The first kappa shape index (κ1) is 12.8. The van der Waals surface area contributed by atoms with Gasteiger partial charge in [-0.15, -0.1) is 0 Å². The monoisotopic (exact) mass is 210 g/mol. The van der Waals surface area contributed by atoms with Crippen LogP contribution in [-0.4, -0.2) is 10.7 Å². The van der Waals surface area contributed by atoms with E-state index in [1.54, 1.807) is 0 Å². The molecule has 0 aliphatic heterocycles. The molecule has 1 N–H and O–H groups in total. The van der Waals surface area contributed by atoms with Gasteiger partial charge in [0.25, 0.3) is 0 Å². The summed E-state index contributed by atoms with van der Waals surface area (Å²) in [4.78, 5) is 0. The zero-order valence-corrected chi connectivity index (χ0v) is 10.4. The largest absolute Gasteiger partial charge is 0.386 e. The van der Waals surface area contributed by atoms with Crippen LogP contribution in [0.1, 0.15) is 71.6 Å². The first-order chi connectivity index (χ1) is 7.23. The van der Waals surface area contributed by atoms with Crippen molar-refractivity contribution in [3.05, 3.63) is 11.6 Å². The fourth-order valence-electron chi connectivity index (χ4n) is 2.71. The maximum atomic E-state index is 10.7. The first-order valence-corrected chi connectivity index (χ1v) is 6.65. The van der Waals surface area contributed by atoms with Crippen LogP contribution in [0.3, 0.4) is 0 Å². The van der Waals surface area contributed by atoms with Gasteiger partial charge in [-0.1, -0.05) is 39.2 Å². The number of allylic oxidation sites excluding steroid dienone is 1. The predicted octanol–water partition coefficient (Wildman–Crippen LogP) is 4.21. The molecular weight excluding hydrogens is 184 g/mol. The van der Waals surface area contributed by atoms with E-state index in [0.29, 0.717) is 0 Å². The molecule has 88 valence electrons. The molecule has 1 heteroatoms. The van der Waals surface area contributed by atoms with E-state index in [2.05, 4.69) is 19.9 Å². The summed E-state index contributed by atoms with van der Waals surface area (Å²) in [5.41, 5.74) is 0.858. The number of rotatable bonds is 5. The molecule has 0 aromatic rings. The molecule has 0 radical (unpaired) electrons. The Kier molecular flexibility index (Phi) is 5.38. The minimum atomic E-state index is -0.478. The van der Waals surface area contributed by atoms with Gasteiger partial charge in [-0.3, -0.25) is 0 Å². The molecular formula is C14H26O. The minimum absolute atomic E-state index is 0.478. The molecule has 0 bridgehead atoms. The first-order valence-electron chi connectivity index (χ1n) is 6.65. The van der Waals surface area contributed by atoms with Crippen molar-refractivity contribution in [2.24, 2.45) is 0 Å². The molecule has 1 rings (SSSR count). The molecule has 1 aliphatic carbocycles. The van der Waals surface area contributed by atoms with Crippen LogP contribution in [0.2, 0.25) is 0 Å². The van der Waals surface area contributed by atoms with Crippen molar-refractivity contribution in [1.82, 2.24) is 0 Å². The second kappa shape index (κ2) is 6.32. The zero-order valence-electron chi connectivity index (χ0n) is 10.4. The van der Waals surface area contributed by atoms with Gasteiger partial charge in [0, 0.05) is 0 Å². The van der Waals surface area contributed by atoms with Crippen LogP contribution >= 0.6 is 0 Å². The van der Waals surface area contributed by atoms with Crippen molar-refractivity contribution >= 4 is 0 Å². The molecule has 1 aliphatic rings. The van der Waals surface area contributed by atoms with Crippen LogP contribution in [0.15, 0.2) is 11.6 Å². The second-order valence-corrected chi connectivity index (χ2v) is 4.86. The smallest absolute Gasteiger partial charge is 0.0856 e. The summed E-state index contributed by atoms with van der Waals surface area (Å²) in [7, 11) is 0. The maximum absolute atomic E-state index is 10.7. The van der Waals surface area contributed by atoms with E-state index in [1.165, 1.54) is 31.3 Å². The Bertz CT molecular complexity index is 199. The summed E-state index contributed by atoms with van der Waals surface area (Å²) in [6.07, 6.45) is 12.5. The second-order valence-electron chi connectivity index (χ2n) is 4.86. The lowest BCUT2D eigenvalue weighted by Gasteiger charge is -2.30. The van der Waals surface area contributed by atoms with Crippen molar-refractivity contribution < 1.29 is 5.11 Å². The van der Waals surface area contributed by atoms with E-state index in [9.17, 15) is 5.11 Å². The zero-order chi connectivity index (χ0) is 11.1. The van der Waals surface area contributed by atoms with Gasteiger partial charge in [0.2, 0.25) is 0 Å². The average Bonchev–Trinajstić information content (AvgIpc) is 2.46. The summed E-state index contributed by atoms with van der Waals surface area (Å²) in [5, 5.41) is 10.7. The van der Waals surface area contributed by atoms with Crippen LogP contribution in [0.5, 0.6) is 0 Å². The Hall–Kier alpha value is -0.300. The van der Waals surface area contributed by atoms with Gasteiger partial charge in [0.05, 0.1) is 5.60 Å². The summed E-state index contributed by atoms with van der Waals surface area (Å²) < 4.78 is 0. The van der Waals surface area contributed by atoms with Crippen LogP contribution in [0.25, 0.3) is 0 Å². The summed E-state index contributed by atoms with van der Waals surface area (Å²) in [6, 6.07) is 0. The van der Waals surface area contributed by atoms with Gasteiger partial charge >= 0.3 is 0 Å². The molecule has 0 aromatic carbocycles. The highest BCUT2D eigenvalue weighted by molar-refractivity contribution is 5.17. The predicted molar refractivity (Wildman–Crippen MR) is 65.9 cm³/mol. The molecule has 0 atom stereocenters. The van der Waals surface area contributed by atoms with Gasteiger partial charge in [-0.25, -0.2) is 0 Å². The third-order valence-corrected chi connectivity index (χ3v) is 3.47. The molecule has 0 fully saturated rings. The topological polar surface area (TPSA) is 20.2 Å². The highest BCUT2D eigenvalue weighted by Crippen LogP contribution is 2.33. The van der Waals surface area contributed by atoms with Crippen molar-refractivity contribution in [3.8, 4) is 0 Å². The van der Waals surface area contributed by atoms with Crippen LogP contribution in [-0.2, 0) is 0 Å². The number of aliphatic hydroxyl groups is 1. The average molecular weight is 210 g/mol. The molecule has 0 saturated heterocycles. The van der Waals surface area contributed by atoms with E-state index < -0.39 is 5.60 Å². The molecule has 0 saturated carbocycles. The lowest BCUT2D eigenvalue weighted by molar-refractivity contribution is 0.0546. The minimum Gasteiger partial charge on any atom is -0.386 e. The molecule has 0 spiro atoms. The molecule has 15 heavy (non-hydrogen) atoms. The van der Waals surface area contributed by atoms with Gasteiger partial charge < -0.3 is 5.11 Å². The van der Waals surface area contributed by atoms with E-state index in [0.717, 1.165) is 32.1 Å². The third kappa shape index (κ3) is 3.64. The van der Waals surface area contributed by atoms with Crippen LogP contribution in [0, 0.1) is 0 Å². The highest BCUT2D eigenvalue weighted by atomic mass is 16.3. The maximum Gasteiger partial charge on any atom is 0.0856 e. The molecule has 0 unspecified atom stereocenters. The molecule has 1 nitrogen and oxygen atoms in total. The highest BCUT2D eigenvalue weighted by Gasteiger charge is 2.29. The van der Waals surface area contributed by atoms with Gasteiger partial charge in [-0.2, -0.15) is 0 Å². The van der Waals surface area contributed by atoms with E-state index in [1.807, 2.05) is 0 Å². The van der Waals surface area contributed by atoms with Crippen molar-refractivity contribution in [3.63, 3.8) is 0 Å². The summed E-state index contributed by atoms with van der Waals surface area (Å²) in [5.74, 6) is 0. The molecule has 0 aromatic heterocycles. The van der Waals surface area contributed by atoms with Crippen molar-refractivity contribution in [1.29, 1.82) is 0 Å². The van der Waals surface area contributed by atoms with Crippen LogP contribution < -0.4 is 0 Å². The standard InChI is InChI=1S/C14H26O/c1-3-11-14(15,12-4-2)13-9-7-5-6-8-10-13/h9,15H,3-8,10-12H2,1-2H3. The Morgan fingerprint density at radius 2 is 1.80 bits per heavy atom.